The Bertz CT molecular complexity index is 647. The van der Waals surface area contributed by atoms with Crippen LogP contribution in [0.2, 0.25) is 0 Å². The molecule has 1 saturated carbocycles. The molecule has 1 aliphatic rings. The molecule has 3 rings (SSSR count). The molecule has 1 aromatic carbocycles. The lowest BCUT2D eigenvalue weighted by atomic mass is 9.96. The Balaban J connectivity index is 1.48. The normalized spacial score (nSPS) is 15.0. The minimum Gasteiger partial charge on any atom is -0.490 e. The largest absolute Gasteiger partial charge is 0.490 e. The highest BCUT2D eigenvalue weighted by Gasteiger charge is 2.20. The molecule has 2 N–H and O–H groups in total. The van der Waals surface area contributed by atoms with Gasteiger partial charge in [-0.25, -0.2) is 0 Å². The molecule has 0 amide bonds. The number of aromatic nitrogens is 1. The first-order chi connectivity index (χ1) is 11.8. The predicted molar refractivity (Wildman–Crippen MR) is 97.3 cm³/mol. The van der Waals surface area contributed by atoms with Crippen molar-refractivity contribution in [1.82, 2.24) is 15.2 Å². The number of guanidine groups is 1. The van der Waals surface area contributed by atoms with Gasteiger partial charge >= 0.3 is 0 Å². The van der Waals surface area contributed by atoms with E-state index in [9.17, 15) is 0 Å². The first-order valence-electron chi connectivity index (χ1n) is 8.65. The number of aliphatic imine (C=N–C) groups is 1. The molecular weight excluding hydrogens is 300 g/mol. The van der Waals surface area contributed by atoms with E-state index >= 15 is 0 Å². The van der Waals surface area contributed by atoms with E-state index in [4.69, 9.17) is 4.74 Å². The number of hydrogen-bond acceptors (Lipinski definition) is 2. The molecule has 1 aliphatic carbocycles. The third kappa shape index (κ3) is 4.54. The average molecular weight is 326 g/mol. The maximum absolute atomic E-state index is 6.07. The van der Waals surface area contributed by atoms with Crippen LogP contribution in [0.3, 0.4) is 0 Å². The highest BCUT2D eigenvalue weighted by molar-refractivity contribution is 5.79. The Labute approximate surface area is 143 Å². The lowest BCUT2D eigenvalue weighted by Crippen LogP contribution is -2.38. The minimum atomic E-state index is 0.394. The molecule has 1 fully saturated rings. The Morgan fingerprint density at radius 2 is 1.96 bits per heavy atom. The van der Waals surface area contributed by atoms with Crippen LogP contribution in [0.5, 0.6) is 5.75 Å². The van der Waals surface area contributed by atoms with Crippen molar-refractivity contribution in [2.45, 2.75) is 38.5 Å². The summed E-state index contributed by atoms with van der Waals surface area (Å²) in [6, 6.07) is 12.3. The van der Waals surface area contributed by atoms with Crippen molar-refractivity contribution in [3.05, 3.63) is 54.4 Å². The fourth-order valence-corrected chi connectivity index (χ4v) is 2.66. The van der Waals surface area contributed by atoms with Gasteiger partial charge in [-0.1, -0.05) is 18.2 Å². The summed E-state index contributed by atoms with van der Waals surface area (Å²) in [5, 5.41) is 6.70. The van der Waals surface area contributed by atoms with Crippen molar-refractivity contribution in [2.75, 3.05) is 13.6 Å². The van der Waals surface area contributed by atoms with Crippen molar-refractivity contribution in [3.63, 3.8) is 0 Å². The maximum Gasteiger partial charge on any atom is 0.191 e. The molecule has 1 heterocycles. The minimum absolute atomic E-state index is 0.394. The van der Waals surface area contributed by atoms with Gasteiger partial charge in [0.05, 0.1) is 6.10 Å². The maximum atomic E-state index is 6.07. The zero-order chi connectivity index (χ0) is 16.6. The number of nitrogens with zero attached hydrogens (tertiary/aromatic N) is 2. The zero-order valence-electron chi connectivity index (χ0n) is 14.2. The SMILES string of the molecule is CN=C(NCCn1cccc1)NCc1ccccc1OC1CCC1. The Morgan fingerprint density at radius 3 is 2.67 bits per heavy atom. The molecule has 24 heavy (non-hydrogen) atoms. The van der Waals surface area contributed by atoms with Gasteiger partial charge in [0.25, 0.3) is 0 Å². The molecule has 1 aromatic heterocycles. The van der Waals surface area contributed by atoms with E-state index in [1.54, 1.807) is 7.05 Å². The molecule has 0 bridgehead atoms. The Hall–Kier alpha value is -2.43. The average Bonchev–Trinajstić information content (AvgIpc) is 3.08. The van der Waals surface area contributed by atoms with E-state index in [0.29, 0.717) is 12.6 Å². The summed E-state index contributed by atoms with van der Waals surface area (Å²) in [7, 11) is 1.79. The van der Waals surface area contributed by atoms with E-state index in [1.807, 2.05) is 24.3 Å². The molecule has 128 valence electrons. The molecule has 5 heteroatoms. The number of rotatable bonds is 7. The summed E-state index contributed by atoms with van der Waals surface area (Å²) in [5.41, 5.74) is 1.16. The molecule has 5 nitrogen and oxygen atoms in total. The number of benzene rings is 1. The topological polar surface area (TPSA) is 50.6 Å². The molecule has 0 spiro atoms. The van der Waals surface area contributed by atoms with Crippen LogP contribution in [0.1, 0.15) is 24.8 Å². The third-order valence-electron chi connectivity index (χ3n) is 4.32. The van der Waals surface area contributed by atoms with Crippen LogP contribution >= 0.6 is 0 Å². The van der Waals surface area contributed by atoms with Crippen LogP contribution in [-0.2, 0) is 13.1 Å². The van der Waals surface area contributed by atoms with E-state index in [1.165, 1.54) is 19.3 Å². The highest BCUT2D eigenvalue weighted by atomic mass is 16.5. The smallest absolute Gasteiger partial charge is 0.191 e. The summed E-state index contributed by atoms with van der Waals surface area (Å²) in [4.78, 5) is 4.28. The summed E-state index contributed by atoms with van der Waals surface area (Å²) in [6.45, 7) is 2.44. The highest BCUT2D eigenvalue weighted by Crippen LogP contribution is 2.27. The Morgan fingerprint density at radius 1 is 1.17 bits per heavy atom. The number of nitrogens with one attached hydrogen (secondary N) is 2. The number of hydrogen-bond donors (Lipinski definition) is 2. The van der Waals surface area contributed by atoms with Crippen LogP contribution in [-0.4, -0.2) is 30.2 Å². The van der Waals surface area contributed by atoms with Gasteiger partial charge in [0.2, 0.25) is 0 Å². The second-order valence-corrected chi connectivity index (χ2v) is 6.05. The van der Waals surface area contributed by atoms with Crippen LogP contribution in [0.15, 0.2) is 53.8 Å². The van der Waals surface area contributed by atoms with Crippen LogP contribution in [0, 0.1) is 0 Å². The predicted octanol–water partition coefficient (Wildman–Crippen LogP) is 2.78. The van der Waals surface area contributed by atoms with Crippen molar-refractivity contribution < 1.29 is 4.74 Å². The van der Waals surface area contributed by atoms with Gasteiger partial charge in [-0.2, -0.15) is 0 Å². The summed E-state index contributed by atoms with van der Waals surface area (Å²) < 4.78 is 8.21. The monoisotopic (exact) mass is 326 g/mol. The van der Waals surface area contributed by atoms with Crippen molar-refractivity contribution in [2.24, 2.45) is 4.99 Å². The second-order valence-electron chi connectivity index (χ2n) is 6.05. The lowest BCUT2D eigenvalue weighted by molar-refractivity contribution is 0.119. The van der Waals surface area contributed by atoms with Crippen LogP contribution < -0.4 is 15.4 Å². The first-order valence-corrected chi connectivity index (χ1v) is 8.65. The molecule has 0 aliphatic heterocycles. The number of ether oxygens (including phenoxy) is 1. The molecule has 0 unspecified atom stereocenters. The Kier molecular flexibility index (Phi) is 5.77. The molecular formula is C19H26N4O. The molecule has 0 atom stereocenters. The van der Waals surface area contributed by atoms with Gasteiger partial charge in [-0.05, 0) is 37.5 Å². The fraction of sp³-hybridized carbons (Fsp3) is 0.421. The van der Waals surface area contributed by atoms with E-state index in [2.05, 4.69) is 44.7 Å². The van der Waals surface area contributed by atoms with Crippen molar-refractivity contribution in [1.29, 1.82) is 0 Å². The lowest BCUT2D eigenvalue weighted by Gasteiger charge is -2.27. The van der Waals surface area contributed by atoms with Gasteiger partial charge < -0.3 is 19.9 Å². The first kappa shape index (κ1) is 16.4. The second kappa shape index (κ2) is 8.43. The standard InChI is InChI=1S/C19H26N4O/c1-20-19(21-11-14-23-12-4-5-13-23)22-15-16-7-2-3-10-18(16)24-17-8-6-9-17/h2-5,7,10,12-13,17H,6,8-9,11,14-15H2,1H3,(H2,20,21,22). The molecule has 0 saturated heterocycles. The van der Waals surface area contributed by atoms with Gasteiger partial charge in [0, 0.05) is 44.6 Å². The van der Waals surface area contributed by atoms with E-state index < -0.39 is 0 Å². The fourth-order valence-electron chi connectivity index (χ4n) is 2.66. The van der Waals surface area contributed by atoms with E-state index in [0.717, 1.165) is 30.4 Å². The van der Waals surface area contributed by atoms with Crippen LogP contribution in [0.4, 0.5) is 0 Å². The summed E-state index contributed by atoms with van der Waals surface area (Å²) in [5.74, 6) is 1.79. The van der Waals surface area contributed by atoms with Crippen molar-refractivity contribution >= 4 is 5.96 Å². The van der Waals surface area contributed by atoms with Gasteiger partial charge in [0.15, 0.2) is 5.96 Å². The van der Waals surface area contributed by atoms with Gasteiger partial charge in [-0.15, -0.1) is 0 Å². The quantitative estimate of drug-likeness (QED) is 0.608. The van der Waals surface area contributed by atoms with Gasteiger partial charge in [-0.3, -0.25) is 4.99 Å². The van der Waals surface area contributed by atoms with Gasteiger partial charge in [0.1, 0.15) is 5.75 Å². The molecule has 0 radical (unpaired) electrons. The molecule has 2 aromatic rings. The number of para-hydroxylation sites is 1. The summed E-state index contributed by atoms with van der Waals surface area (Å²) in [6.07, 6.45) is 8.14. The van der Waals surface area contributed by atoms with Crippen LogP contribution in [0.25, 0.3) is 0 Å². The van der Waals surface area contributed by atoms with E-state index in [-0.39, 0.29) is 0 Å². The summed E-state index contributed by atoms with van der Waals surface area (Å²) >= 11 is 0. The van der Waals surface area contributed by atoms with Crippen molar-refractivity contribution in [3.8, 4) is 5.75 Å². The zero-order valence-corrected chi connectivity index (χ0v) is 14.2. The third-order valence-corrected chi connectivity index (χ3v) is 4.32.